The van der Waals surface area contributed by atoms with Crippen LogP contribution in [-0.4, -0.2) is 20.6 Å². The SMILES string of the molecule is C1CCCCC1.N=C(N)N.O=P(O)(O)O. The lowest BCUT2D eigenvalue weighted by Crippen LogP contribution is -2.20. The summed E-state index contributed by atoms with van der Waals surface area (Å²) in [5.74, 6) is -0.333. The lowest BCUT2D eigenvalue weighted by atomic mass is 10.0. The lowest BCUT2D eigenvalue weighted by molar-refractivity contribution is 0.275. The van der Waals surface area contributed by atoms with Crippen molar-refractivity contribution >= 4 is 13.8 Å². The van der Waals surface area contributed by atoms with Crippen molar-refractivity contribution in [3.05, 3.63) is 0 Å². The molecule has 0 aromatic carbocycles. The summed E-state index contributed by atoms with van der Waals surface area (Å²) < 4.78 is 8.88. The van der Waals surface area contributed by atoms with Crippen molar-refractivity contribution in [1.29, 1.82) is 5.41 Å². The third-order valence-electron chi connectivity index (χ3n) is 1.50. The summed E-state index contributed by atoms with van der Waals surface area (Å²) in [6.07, 6.45) is 9.00. The Labute approximate surface area is 89.2 Å². The predicted molar refractivity (Wildman–Crippen MR) is 58.1 cm³/mol. The fourth-order valence-corrected chi connectivity index (χ4v) is 1.06. The van der Waals surface area contributed by atoms with Gasteiger partial charge in [-0.15, -0.1) is 0 Å². The fraction of sp³-hybridized carbons (Fsp3) is 0.857. The molecule has 1 rings (SSSR count). The van der Waals surface area contributed by atoms with Crippen LogP contribution in [0.25, 0.3) is 0 Å². The molecule has 1 saturated carbocycles. The highest BCUT2D eigenvalue weighted by molar-refractivity contribution is 7.45. The lowest BCUT2D eigenvalue weighted by Gasteiger charge is -2.05. The van der Waals surface area contributed by atoms with Crippen molar-refractivity contribution < 1.29 is 19.2 Å². The van der Waals surface area contributed by atoms with E-state index in [1.54, 1.807) is 0 Å². The highest BCUT2D eigenvalue weighted by Crippen LogP contribution is 2.25. The molecule has 8 N–H and O–H groups in total. The van der Waals surface area contributed by atoms with Crippen LogP contribution >= 0.6 is 7.82 Å². The van der Waals surface area contributed by atoms with Gasteiger partial charge in [-0.3, -0.25) is 5.41 Å². The number of hydrogen-bond donors (Lipinski definition) is 6. The number of rotatable bonds is 0. The number of nitrogens with one attached hydrogen (secondary N) is 1. The maximum atomic E-state index is 8.88. The van der Waals surface area contributed by atoms with Crippen molar-refractivity contribution in [2.24, 2.45) is 11.5 Å². The van der Waals surface area contributed by atoms with E-state index in [0.717, 1.165) is 0 Å². The first-order valence-electron chi connectivity index (χ1n) is 4.61. The van der Waals surface area contributed by atoms with E-state index < -0.39 is 7.82 Å². The van der Waals surface area contributed by atoms with Crippen molar-refractivity contribution in [3.63, 3.8) is 0 Å². The molecule has 0 aromatic rings. The summed E-state index contributed by atoms with van der Waals surface area (Å²) in [6, 6.07) is 0. The zero-order valence-electron chi connectivity index (χ0n) is 8.59. The molecule has 0 amide bonds. The summed E-state index contributed by atoms with van der Waals surface area (Å²) in [7, 11) is -4.64. The monoisotopic (exact) mass is 241 g/mol. The molecule has 7 nitrogen and oxygen atoms in total. The van der Waals surface area contributed by atoms with Gasteiger partial charge in [-0.1, -0.05) is 38.5 Å². The maximum Gasteiger partial charge on any atom is 0.466 e. The van der Waals surface area contributed by atoms with Gasteiger partial charge < -0.3 is 26.1 Å². The fourth-order valence-electron chi connectivity index (χ4n) is 1.06. The van der Waals surface area contributed by atoms with E-state index in [2.05, 4.69) is 11.5 Å². The van der Waals surface area contributed by atoms with Gasteiger partial charge in [-0.05, 0) is 0 Å². The molecule has 15 heavy (non-hydrogen) atoms. The van der Waals surface area contributed by atoms with Crippen LogP contribution in [0, 0.1) is 5.41 Å². The van der Waals surface area contributed by atoms with Crippen molar-refractivity contribution in [2.75, 3.05) is 0 Å². The van der Waals surface area contributed by atoms with Crippen LogP contribution in [0.3, 0.4) is 0 Å². The van der Waals surface area contributed by atoms with Crippen LogP contribution < -0.4 is 11.5 Å². The summed E-state index contributed by atoms with van der Waals surface area (Å²) in [6.45, 7) is 0. The Morgan fingerprint density at radius 1 is 0.933 bits per heavy atom. The van der Waals surface area contributed by atoms with Gasteiger partial charge in [0, 0.05) is 0 Å². The molecule has 1 aliphatic rings. The number of phosphoric acid groups is 1. The van der Waals surface area contributed by atoms with Crippen LogP contribution in [0.4, 0.5) is 0 Å². The van der Waals surface area contributed by atoms with Gasteiger partial charge in [0.05, 0.1) is 0 Å². The minimum atomic E-state index is -4.64. The summed E-state index contributed by atoms with van der Waals surface area (Å²) >= 11 is 0. The van der Waals surface area contributed by atoms with Gasteiger partial charge in [0.25, 0.3) is 0 Å². The van der Waals surface area contributed by atoms with Crippen molar-refractivity contribution in [3.8, 4) is 0 Å². The Morgan fingerprint density at radius 2 is 1.00 bits per heavy atom. The Bertz CT molecular complexity index is 179. The Morgan fingerprint density at radius 3 is 1.07 bits per heavy atom. The molecule has 0 aliphatic heterocycles. The Kier molecular flexibility index (Phi) is 11.1. The Hall–Kier alpha value is -0.620. The standard InChI is InChI=1S/C6H12.CH5N3.H3O4P/c1-2-4-6-5-3-1;2-1(3)4;1-5(2,3)4/h1-6H2;(H5,2,3,4);(H3,1,2,3,4). The van der Waals surface area contributed by atoms with Gasteiger partial charge in [0.15, 0.2) is 5.96 Å². The molecule has 0 aromatic heterocycles. The molecule has 8 heteroatoms. The van der Waals surface area contributed by atoms with E-state index in [0.29, 0.717) is 0 Å². The molecule has 0 atom stereocenters. The second kappa shape index (κ2) is 9.92. The van der Waals surface area contributed by atoms with E-state index >= 15 is 0 Å². The summed E-state index contributed by atoms with van der Waals surface area (Å²) in [4.78, 5) is 21.6. The van der Waals surface area contributed by atoms with Crippen LogP contribution in [0.5, 0.6) is 0 Å². The zero-order chi connectivity index (χ0) is 12.3. The van der Waals surface area contributed by atoms with Crippen LogP contribution in [0.15, 0.2) is 0 Å². The van der Waals surface area contributed by atoms with Gasteiger partial charge in [0.2, 0.25) is 0 Å². The first-order valence-corrected chi connectivity index (χ1v) is 6.18. The van der Waals surface area contributed by atoms with E-state index in [-0.39, 0.29) is 5.96 Å². The van der Waals surface area contributed by atoms with Gasteiger partial charge in [0.1, 0.15) is 0 Å². The van der Waals surface area contributed by atoms with Crippen molar-refractivity contribution in [2.45, 2.75) is 38.5 Å². The van der Waals surface area contributed by atoms with Gasteiger partial charge in [-0.25, -0.2) is 4.57 Å². The van der Waals surface area contributed by atoms with E-state index in [1.807, 2.05) is 0 Å². The van der Waals surface area contributed by atoms with Gasteiger partial charge in [-0.2, -0.15) is 0 Å². The molecule has 1 aliphatic carbocycles. The van der Waals surface area contributed by atoms with E-state index in [1.165, 1.54) is 38.5 Å². The van der Waals surface area contributed by atoms with E-state index in [9.17, 15) is 0 Å². The first-order chi connectivity index (χ1) is 6.73. The molecule has 1 fully saturated rings. The van der Waals surface area contributed by atoms with E-state index in [4.69, 9.17) is 24.7 Å². The molecule has 0 spiro atoms. The Balaban J connectivity index is 0. The smallest absolute Gasteiger partial charge is 0.370 e. The van der Waals surface area contributed by atoms with Gasteiger partial charge >= 0.3 is 7.82 Å². The normalized spacial score (nSPS) is 15.1. The molecule has 0 bridgehead atoms. The van der Waals surface area contributed by atoms with Crippen LogP contribution in [-0.2, 0) is 4.57 Å². The van der Waals surface area contributed by atoms with Crippen molar-refractivity contribution in [1.82, 2.24) is 0 Å². The summed E-state index contributed by atoms with van der Waals surface area (Å²) in [5.41, 5.74) is 8.94. The van der Waals surface area contributed by atoms with Crippen LogP contribution in [0.1, 0.15) is 38.5 Å². The average molecular weight is 241 g/mol. The minimum Gasteiger partial charge on any atom is -0.370 e. The molecule has 92 valence electrons. The zero-order valence-corrected chi connectivity index (χ0v) is 9.49. The third-order valence-corrected chi connectivity index (χ3v) is 1.50. The first kappa shape index (κ1) is 16.8. The third kappa shape index (κ3) is 59.9. The number of nitrogens with two attached hydrogens (primary N) is 2. The second-order valence-corrected chi connectivity index (χ2v) is 4.12. The molecule has 0 unspecified atom stereocenters. The molecule has 0 saturated heterocycles. The number of hydrogen-bond acceptors (Lipinski definition) is 2. The van der Waals surface area contributed by atoms with Crippen LogP contribution in [0.2, 0.25) is 0 Å². The molecular weight excluding hydrogens is 221 g/mol. The minimum absolute atomic E-state index is 0.333. The number of guanidine groups is 1. The highest BCUT2D eigenvalue weighted by Gasteiger charge is 2.00. The predicted octanol–water partition coefficient (Wildman–Crippen LogP) is 0.251. The highest BCUT2D eigenvalue weighted by atomic mass is 31.2. The quantitative estimate of drug-likeness (QED) is 0.203. The molecule has 0 radical (unpaired) electrons. The average Bonchev–Trinajstić information content (AvgIpc) is 2.03. The molecule has 0 heterocycles. The maximum absolute atomic E-state index is 8.88. The second-order valence-electron chi connectivity index (χ2n) is 3.09. The topological polar surface area (TPSA) is 154 Å². The summed E-state index contributed by atoms with van der Waals surface area (Å²) in [5, 5.41) is 6.06. The largest absolute Gasteiger partial charge is 0.466 e. The molecular formula is C7H20N3O4P.